The highest BCUT2D eigenvalue weighted by molar-refractivity contribution is 6.32. The molecule has 122 valence electrons. The average molecular weight is 338 g/mol. The summed E-state index contributed by atoms with van der Waals surface area (Å²) in [6.07, 6.45) is 0.429. The van der Waals surface area contributed by atoms with E-state index in [0.29, 0.717) is 18.5 Å². The molecule has 0 radical (unpaired) electrons. The summed E-state index contributed by atoms with van der Waals surface area (Å²) in [6, 6.07) is 8.76. The first-order chi connectivity index (χ1) is 11.0. The molecule has 23 heavy (non-hydrogen) atoms. The summed E-state index contributed by atoms with van der Waals surface area (Å²) in [7, 11) is 0. The van der Waals surface area contributed by atoms with Crippen molar-refractivity contribution in [2.45, 2.75) is 13.0 Å². The highest BCUT2D eigenvalue weighted by Crippen LogP contribution is 2.26. The summed E-state index contributed by atoms with van der Waals surface area (Å²) >= 11 is 6.18. The maximum Gasteiger partial charge on any atom is 0.323 e. The molecular weight excluding hydrogens is 322 g/mol. The van der Waals surface area contributed by atoms with E-state index in [9.17, 15) is 9.59 Å². The number of aromatic nitrogens is 2. The maximum absolute atomic E-state index is 12.5. The van der Waals surface area contributed by atoms with E-state index in [1.807, 2.05) is 0 Å². The van der Waals surface area contributed by atoms with Gasteiger partial charge < -0.3 is 15.5 Å². The smallest absolute Gasteiger partial charge is 0.323 e. The second-order valence-electron chi connectivity index (χ2n) is 4.75. The van der Waals surface area contributed by atoms with Gasteiger partial charge in [0.05, 0.1) is 5.69 Å². The maximum atomic E-state index is 12.5. The summed E-state index contributed by atoms with van der Waals surface area (Å²) in [5.41, 5.74) is 0.284. The molecule has 0 saturated carbocycles. The van der Waals surface area contributed by atoms with E-state index in [4.69, 9.17) is 21.8 Å². The Bertz CT molecular complexity index is 746. The first-order valence-electron chi connectivity index (χ1n) is 6.97. The second-order valence-corrected chi connectivity index (χ2v) is 5.11. The van der Waals surface area contributed by atoms with Crippen LogP contribution in [0.15, 0.2) is 35.1 Å². The molecule has 0 unspecified atom stereocenters. The van der Waals surface area contributed by atoms with Crippen LogP contribution >= 0.6 is 11.6 Å². The molecule has 3 N–H and O–H groups in total. The van der Waals surface area contributed by atoms with Gasteiger partial charge in [-0.25, -0.2) is 4.98 Å². The fraction of sp³-hybridized carbons (Fsp3) is 0.267. The minimum Gasteiger partial charge on any atom is -0.480 e. The topological polar surface area (TPSA) is 104 Å². The Morgan fingerprint density at radius 3 is 2.61 bits per heavy atom. The molecule has 0 aliphatic carbocycles. The van der Waals surface area contributed by atoms with Gasteiger partial charge in [-0.2, -0.15) is 0 Å². The number of benzene rings is 1. The molecule has 2 rings (SSSR count). The van der Waals surface area contributed by atoms with Crippen molar-refractivity contribution in [3.05, 3.63) is 45.8 Å². The van der Waals surface area contributed by atoms with Crippen LogP contribution in [0.1, 0.15) is 6.42 Å². The lowest BCUT2D eigenvalue weighted by Gasteiger charge is -2.15. The molecular formula is C15H16ClN3O4. The van der Waals surface area contributed by atoms with Crippen molar-refractivity contribution >= 4 is 23.4 Å². The average Bonchev–Trinajstić information content (AvgIpc) is 2.52. The molecule has 0 aliphatic rings. The van der Waals surface area contributed by atoms with E-state index in [2.05, 4.69) is 10.3 Å². The predicted molar refractivity (Wildman–Crippen MR) is 86.8 cm³/mol. The quantitative estimate of drug-likeness (QED) is 0.660. The summed E-state index contributed by atoms with van der Waals surface area (Å²) < 4.78 is 1.08. The van der Waals surface area contributed by atoms with Crippen molar-refractivity contribution in [2.24, 2.45) is 0 Å². The molecule has 1 heterocycles. The molecule has 0 aliphatic heterocycles. The lowest BCUT2D eigenvalue weighted by molar-refractivity contribution is -0.137. The van der Waals surface area contributed by atoms with Gasteiger partial charge in [-0.1, -0.05) is 41.9 Å². The first-order valence-corrected chi connectivity index (χ1v) is 7.34. The molecule has 1 aromatic heterocycles. The number of aliphatic carboxylic acids is 1. The van der Waals surface area contributed by atoms with E-state index in [1.165, 1.54) is 0 Å². The molecule has 7 nitrogen and oxygen atoms in total. The van der Waals surface area contributed by atoms with Crippen molar-refractivity contribution in [2.75, 3.05) is 18.5 Å². The zero-order chi connectivity index (χ0) is 16.8. The monoisotopic (exact) mass is 337 g/mol. The van der Waals surface area contributed by atoms with Gasteiger partial charge >= 0.3 is 5.97 Å². The second kappa shape index (κ2) is 7.75. The Kier molecular flexibility index (Phi) is 5.72. The Labute approximate surface area is 137 Å². The van der Waals surface area contributed by atoms with Crippen LogP contribution in [0.4, 0.5) is 5.82 Å². The molecule has 2 aromatic rings. The van der Waals surface area contributed by atoms with Crippen molar-refractivity contribution < 1.29 is 15.0 Å². The molecule has 0 amide bonds. The van der Waals surface area contributed by atoms with Crippen molar-refractivity contribution in [3.63, 3.8) is 0 Å². The summed E-state index contributed by atoms with van der Waals surface area (Å²) in [5.74, 6) is -1.20. The van der Waals surface area contributed by atoms with E-state index in [1.54, 1.807) is 30.3 Å². The molecule has 0 saturated heterocycles. The van der Waals surface area contributed by atoms with Crippen molar-refractivity contribution in [1.82, 2.24) is 9.55 Å². The van der Waals surface area contributed by atoms with Gasteiger partial charge in [0.2, 0.25) is 0 Å². The van der Waals surface area contributed by atoms with Crippen LogP contribution in [0.3, 0.4) is 0 Å². The number of nitrogens with one attached hydrogen (secondary N) is 1. The van der Waals surface area contributed by atoms with Gasteiger partial charge in [0.15, 0.2) is 11.0 Å². The van der Waals surface area contributed by atoms with Crippen LogP contribution in [0.25, 0.3) is 11.3 Å². The van der Waals surface area contributed by atoms with Crippen LogP contribution in [0, 0.1) is 0 Å². The Morgan fingerprint density at radius 2 is 2.00 bits per heavy atom. The van der Waals surface area contributed by atoms with Crippen LogP contribution in [0.2, 0.25) is 5.15 Å². The molecule has 0 bridgehead atoms. The molecule has 0 fully saturated rings. The predicted octanol–water partition coefficient (Wildman–Crippen LogP) is 1.44. The number of hydrogen-bond donors (Lipinski definition) is 3. The number of anilines is 1. The van der Waals surface area contributed by atoms with Crippen molar-refractivity contribution in [1.29, 1.82) is 0 Å². The van der Waals surface area contributed by atoms with Gasteiger partial charge in [0, 0.05) is 18.7 Å². The lowest BCUT2D eigenvalue weighted by atomic mass is 10.1. The number of nitrogens with zero attached hydrogens (tertiary/aromatic N) is 2. The van der Waals surface area contributed by atoms with E-state index >= 15 is 0 Å². The van der Waals surface area contributed by atoms with Crippen LogP contribution in [-0.4, -0.2) is 38.9 Å². The fourth-order valence-corrected chi connectivity index (χ4v) is 2.39. The SMILES string of the molecule is O=C(O)Cn1c(-c2ccccc2)c(Cl)nc(NCCCO)c1=O. The first kappa shape index (κ1) is 17.0. The number of rotatable bonds is 7. The third-order valence-electron chi connectivity index (χ3n) is 3.09. The molecule has 1 aromatic carbocycles. The van der Waals surface area contributed by atoms with Crippen molar-refractivity contribution in [3.8, 4) is 11.3 Å². The minimum atomic E-state index is -1.16. The number of carboxylic acid groups (broad SMARTS) is 1. The van der Waals surface area contributed by atoms with Crippen LogP contribution < -0.4 is 10.9 Å². The number of carbonyl (C=O) groups is 1. The Balaban J connectivity index is 2.55. The van der Waals surface area contributed by atoms with E-state index in [0.717, 1.165) is 4.57 Å². The fourth-order valence-electron chi connectivity index (χ4n) is 2.10. The minimum absolute atomic E-state index is 0.0311. The Hall–Kier alpha value is -2.38. The summed E-state index contributed by atoms with van der Waals surface area (Å²) in [5, 5.41) is 20.7. The molecule has 8 heteroatoms. The highest BCUT2D eigenvalue weighted by Gasteiger charge is 2.18. The Morgan fingerprint density at radius 1 is 1.30 bits per heavy atom. The van der Waals surface area contributed by atoms with Gasteiger partial charge in [-0.05, 0) is 6.42 Å². The lowest BCUT2D eigenvalue weighted by Crippen LogP contribution is -2.30. The normalized spacial score (nSPS) is 10.5. The number of aliphatic hydroxyl groups excluding tert-OH is 1. The third-order valence-corrected chi connectivity index (χ3v) is 3.35. The third kappa shape index (κ3) is 4.08. The van der Waals surface area contributed by atoms with Gasteiger partial charge in [-0.3, -0.25) is 14.2 Å². The number of halogens is 1. The van der Waals surface area contributed by atoms with Gasteiger partial charge in [0.25, 0.3) is 5.56 Å². The molecule has 0 atom stereocenters. The standard InChI is InChI=1S/C15H16ClN3O4/c16-13-12(10-5-2-1-3-6-10)19(9-11(21)22)15(23)14(18-13)17-7-4-8-20/h1-3,5-6,20H,4,7-9H2,(H,17,18)(H,21,22). The summed E-state index contributed by atoms with van der Waals surface area (Å²) in [6.45, 7) is -0.237. The van der Waals surface area contributed by atoms with Crippen LogP contribution in [-0.2, 0) is 11.3 Å². The van der Waals surface area contributed by atoms with Crippen LogP contribution in [0.5, 0.6) is 0 Å². The van der Waals surface area contributed by atoms with E-state index in [-0.39, 0.29) is 23.3 Å². The van der Waals surface area contributed by atoms with Gasteiger partial charge in [0.1, 0.15) is 6.54 Å². The molecule has 0 spiro atoms. The zero-order valence-corrected chi connectivity index (χ0v) is 13.0. The number of hydrogen-bond acceptors (Lipinski definition) is 5. The number of aliphatic hydroxyl groups is 1. The highest BCUT2D eigenvalue weighted by atomic mass is 35.5. The largest absolute Gasteiger partial charge is 0.480 e. The number of carboxylic acids is 1. The van der Waals surface area contributed by atoms with Gasteiger partial charge in [-0.15, -0.1) is 0 Å². The summed E-state index contributed by atoms with van der Waals surface area (Å²) in [4.78, 5) is 27.6. The van der Waals surface area contributed by atoms with E-state index < -0.39 is 18.1 Å². The zero-order valence-electron chi connectivity index (χ0n) is 12.2.